The second-order valence-corrected chi connectivity index (χ2v) is 2.66. The Bertz CT molecular complexity index is 262. The average Bonchev–Trinajstić information content (AvgIpc) is 1.93. The van der Waals surface area contributed by atoms with Gasteiger partial charge in [0, 0.05) is 10.6 Å². The Morgan fingerprint density at radius 2 is 1.91 bits per heavy atom. The van der Waals surface area contributed by atoms with Crippen molar-refractivity contribution in [2.45, 2.75) is 0 Å². The molecule has 0 bridgehead atoms. The van der Waals surface area contributed by atoms with Gasteiger partial charge in [0.2, 0.25) is 0 Å². The van der Waals surface area contributed by atoms with E-state index in [0.717, 1.165) is 10.3 Å². The molecule has 3 heteroatoms. The quantitative estimate of drug-likeness (QED) is 0.273. The third-order valence-corrected chi connectivity index (χ3v) is 1.45. The van der Waals surface area contributed by atoms with E-state index in [9.17, 15) is 5.21 Å². The van der Waals surface area contributed by atoms with Crippen molar-refractivity contribution in [1.82, 2.24) is 0 Å². The predicted molar refractivity (Wildman–Crippen MR) is 46.2 cm³/mol. The van der Waals surface area contributed by atoms with Crippen LogP contribution in [0.1, 0.15) is 5.56 Å². The van der Waals surface area contributed by atoms with Gasteiger partial charge in [0.05, 0.1) is 0 Å². The van der Waals surface area contributed by atoms with Crippen LogP contribution in [0.5, 0.6) is 0 Å². The van der Waals surface area contributed by atoms with Crippen LogP contribution in [0.25, 0.3) is 0 Å². The van der Waals surface area contributed by atoms with Crippen LogP contribution in [0, 0.1) is 5.21 Å². The van der Waals surface area contributed by atoms with Crippen LogP contribution >= 0.6 is 11.6 Å². The van der Waals surface area contributed by atoms with Crippen molar-refractivity contribution < 1.29 is 4.74 Å². The van der Waals surface area contributed by atoms with Crippen LogP contribution in [-0.4, -0.2) is 18.0 Å². The van der Waals surface area contributed by atoms with Crippen molar-refractivity contribution in [1.29, 1.82) is 0 Å². The van der Waals surface area contributed by atoms with E-state index in [2.05, 4.69) is 0 Å². The second kappa shape index (κ2) is 3.39. The molecule has 0 heterocycles. The monoisotopic (exact) mass is 169 g/mol. The van der Waals surface area contributed by atoms with Gasteiger partial charge >= 0.3 is 0 Å². The molecule has 0 amide bonds. The Kier molecular flexibility index (Phi) is 2.49. The molecule has 58 valence electrons. The largest absolute Gasteiger partial charge is 0.624 e. The minimum Gasteiger partial charge on any atom is -0.624 e. The first kappa shape index (κ1) is 8.08. The number of hydrogen-bond acceptors (Lipinski definition) is 1. The minimum absolute atomic E-state index is 0.677. The van der Waals surface area contributed by atoms with Crippen molar-refractivity contribution in [2.75, 3.05) is 7.05 Å². The number of halogens is 1. The molecule has 0 aromatic heterocycles. The van der Waals surface area contributed by atoms with Gasteiger partial charge in [0.15, 0.2) is 6.21 Å². The summed E-state index contributed by atoms with van der Waals surface area (Å²) in [5.41, 5.74) is 0.854. The maximum Gasteiger partial charge on any atom is 0.181 e. The lowest BCUT2D eigenvalue weighted by Gasteiger charge is -1.94. The number of nitrogens with zero attached hydrogens (tertiary/aromatic N) is 1. The summed E-state index contributed by atoms with van der Waals surface area (Å²) in [6, 6.07) is 7.07. The van der Waals surface area contributed by atoms with Crippen molar-refractivity contribution in [3.05, 3.63) is 40.1 Å². The van der Waals surface area contributed by atoms with Crippen LogP contribution in [0.3, 0.4) is 0 Å². The molecule has 1 aromatic rings. The van der Waals surface area contributed by atoms with Crippen LogP contribution in [0.2, 0.25) is 5.02 Å². The zero-order chi connectivity index (χ0) is 8.27. The Labute approximate surface area is 70.3 Å². The first-order valence-corrected chi connectivity index (χ1v) is 3.56. The fraction of sp³-hybridized carbons (Fsp3) is 0.125. The molecule has 0 radical (unpaired) electrons. The molecule has 0 fully saturated rings. The van der Waals surface area contributed by atoms with Gasteiger partial charge in [-0.2, -0.15) is 0 Å². The fourth-order valence-corrected chi connectivity index (χ4v) is 0.885. The van der Waals surface area contributed by atoms with Crippen LogP contribution in [-0.2, 0) is 0 Å². The topological polar surface area (TPSA) is 26.1 Å². The summed E-state index contributed by atoms with van der Waals surface area (Å²) in [5, 5.41) is 11.2. The summed E-state index contributed by atoms with van der Waals surface area (Å²) in [5.74, 6) is 0. The van der Waals surface area contributed by atoms with Gasteiger partial charge < -0.3 is 5.21 Å². The Hall–Kier alpha value is -1.02. The van der Waals surface area contributed by atoms with E-state index >= 15 is 0 Å². The van der Waals surface area contributed by atoms with Crippen LogP contribution in [0.4, 0.5) is 0 Å². The molecule has 0 N–H and O–H groups in total. The third kappa shape index (κ3) is 2.60. The van der Waals surface area contributed by atoms with Gasteiger partial charge in [0.1, 0.15) is 7.05 Å². The van der Waals surface area contributed by atoms with E-state index < -0.39 is 0 Å². The Morgan fingerprint density at radius 3 is 2.36 bits per heavy atom. The molecule has 0 saturated carbocycles. The van der Waals surface area contributed by atoms with Gasteiger partial charge in [-0.05, 0) is 24.3 Å². The smallest absolute Gasteiger partial charge is 0.181 e. The van der Waals surface area contributed by atoms with Gasteiger partial charge in [-0.15, -0.1) is 0 Å². The van der Waals surface area contributed by atoms with Crippen molar-refractivity contribution in [2.24, 2.45) is 0 Å². The lowest BCUT2D eigenvalue weighted by molar-refractivity contribution is -0.416. The normalized spacial score (nSPS) is 11.6. The highest BCUT2D eigenvalue weighted by Crippen LogP contribution is 2.07. The highest BCUT2D eigenvalue weighted by atomic mass is 35.5. The molecule has 0 aliphatic carbocycles. The van der Waals surface area contributed by atoms with E-state index in [-0.39, 0.29) is 0 Å². The zero-order valence-electron chi connectivity index (χ0n) is 6.12. The van der Waals surface area contributed by atoms with Crippen molar-refractivity contribution in [3.8, 4) is 0 Å². The number of benzene rings is 1. The summed E-state index contributed by atoms with van der Waals surface area (Å²) in [4.78, 5) is 0. The van der Waals surface area contributed by atoms with Gasteiger partial charge in [-0.1, -0.05) is 11.6 Å². The molecular weight excluding hydrogens is 162 g/mol. The van der Waals surface area contributed by atoms with E-state index in [1.54, 1.807) is 24.3 Å². The van der Waals surface area contributed by atoms with Gasteiger partial charge in [-0.3, -0.25) is 0 Å². The van der Waals surface area contributed by atoms with Crippen LogP contribution < -0.4 is 0 Å². The maximum atomic E-state index is 10.5. The van der Waals surface area contributed by atoms with Crippen molar-refractivity contribution in [3.63, 3.8) is 0 Å². The molecular formula is C8H8ClNO. The molecule has 0 unspecified atom stereocenters. The average molecular weight is 170 g/mol. The van der Waals surface area contributed by atoms with Crippen LogP contribution in [0.15, 0.2) is 24.3 Å². The fourth-order valence-electron chi connectivity index (χ4n) is 0.759. The summed E-state index contributed by atoms with van der Waals surface area (Å²) in [6.07, 6.45) is 1.48. The molecule has 2 nitrogen and oxygen atoms in total. The third-order valence-electron chi connectivity index (χ3n) is 1.20. The zero-order valence-corrected chi connectivity index (χ0v) is 6.88. The number of hydrogen-bond donors (Lipinski definition) is 0. The molecule has 0 spiro atoms. The molecule has 1 rings (SSSR count). The first-order valence-electron chi connectivity index (χ1n) is 3.19. The second-order valence-electron chi connectivity index (χ2n) is 2.23. The van der Waals surface area contributed by atoms with E-state index in [4.69, 9.17) is 11.6 Å². The predicted octanol–water partition coefficient (Wildman–Crippen LogP) is 1.90. The van der Waals surface area contributed by atoms with Crippen molar-refractivity contribution >= 4 is 17.8 Å². The molecule has 0 aliphatic heterocycles. The molecule has 0 atom stereocenters. The summed E-state index contributed by atoms with van der Waals surface area (Å²) < 4.78 is 0.753. The SMILES string of the molecule is C/[N+]([O-])=C\c1ccc(Cl)cc1. The minimum atomic E-state index is 0.677. The summed E-state index contributed by atoms with van der Waals surface area (Å²) >= 11 is 5.64. The summed E-state index contributed by atoms with van der Waals surface area (Å²) in [7, 11) is 1.44. The highest BCUT2D eigenvalue weighted by molar-refractivity contribution is 6.30. The molecule has 1 aromatic carbocycles. The van der Waals surface area contributed by atoms with E-state index in [1.165, 1.54) is 13.3 Å². The van der Waals surface area contributed by atoms with Gasteiger partial charge in [0.25, 0.3) is 0 Å². The number of hydroxylamine groups is 1. The first-order chi connectivity index (χ1) is 5.18. The van der Waals surface area contributed by atoms with E-state index in [1.807, 2.05) is 0 Å². The maximum absolute atomic E-state index is 10.5. The lowest BCUT2D eigenvalue weighted by Crippen LogP contribution is -1.96. The van der Waals surface area contributed by atoms with Gasteiger partial charge in [-0.25, -0.2) is 4.74 Å². The standard InChI is InChI=1S/C8H8ClNO/c1-10(11)6-7-2-4-8(9)5-3-7/h2-6H,1H3/b10-6+. The highest BCUT2D eigenvalue weighted by Gasteiger charge is 1.90. The molecule has 11 heavy (non-hydrogen) atoms. The lowest BCUT2D eigenvalue weighted by atomic mass is 10.2. The Balaban J connectivity index is 2.91. The molecule has 0 saturated heterocycles. The van der Waals surface area contributed by atoms with E-state index in [0.29, 0.717) is 5.02 Å². The molecule has 0 aliphatic rings. The number of rotatable bonds is 1. The summed E-state index contributed by atoms with van der Waals surface area (Å²) in [6.45, 7) is 0. The Morgan fingerprint density at radius 1 is 1.36 bits per heavy atom.